The summed E-state index contributed by atoms with van der Waals surface area (Å²) in [4.78, 5) is 27.3. The molecule has 2 N–H and O–H groups in total. The Bertz CT molecular complexity index is 1170. The molecule has 2 amide bonds. The lowest BCUT2D eigenvalue weighted by Crippen LogP contribution is -2.53. The smallest absolute Gasteiger partial charge is 0.317 e. The normalized spacial score (nSPS) is 16.7. The number of para-hydroxylation sites is 2. The monoisotopic (exact) mass is 458 g/mol. The maximum atomic E-state index is 13.2. The van der Waals surface area contributed by atoms with Crippen molar-refractivity contribution in [3.05, 3.63) is 84.2 Å². The van der Waals surface area contributed by atoms with Crippen molar-refractivity contribution >= 4 is 17.7 Å². The Balaban J connectivity index is 1.29. The minimum Gasteiger partial charge on any atom is -0.466 e. The number of aromatic nitrogens is 1. The van der Waals surface area contributed by atoms with Crippen molar-refractivity contribution in [3.63, 3.8) is 0 Å². The molecule has 34 heavy (non-hydrogen) atoms. The number of carbonyl (C=O) groups is 2. The van der Waals surface area contributed by atoms with E-state index in [1.165, 1.54) is 5.69 Å². The van der Waals surface area contributed by atoms with Gasteiger partial charge in [-0.25, -0.2) is 4.79 Å². The lowest BCUT2D eigenvalue weighted by Gasteiger charge is -2.46. The number of likely N-dealkylation sites (tertiary alicyclic amines) is 1. The first kappa shape index (κ1) is 22.1. The number of benzene rings is 2. The van der Waals surface area contributed by atoms with E-state index in [1.54, 1.807) is 6.92 Å². The molecule has 1 atom stereocenters. The van der Waals surface area contributed by atoms with Gasteiger partial charge in [0, 0.05) is 25.0 Å². The van der Waals surface area contributed by atoms with Gasteiger partial charge in [0.2, 0.25) is 0 Å². The Morgan fingerprint density at radius 2 is 1.76 bits per heavy atom. The fourth-order valence-corrected chi connectivity index (χ4v) is 5.13. The van der Waals surface area contributed by atoms with Gasteiger partial charge in [0.1, 0.15) is 0 Å². The van der Waals surface area contributed by atoms with E-state index in [4.69, 9.17) is 4.74 Å². The molecule has 2 aromatic carbocycles. The quantitative estimate of drug-likeness (QED) is 0.548. The molecule has 5 rings (SSSR count). The van der Waals surface area contributed by atoms with Crippen LogP contribution in [-0.2, 0) is 15.1 Å². The predicted molar refractivity (Wildman–Crippen MR) is 131 cm³/mol. The standard InChI is InChI=1S/C27H30N4O3/c1-2-34-25(32)19-22(20-9-4-3-5-10-20)28-26(33)30-17-14-27(15-18-30)24-13-8-16-31(24)23-12-7-6-11-21(23)29-27/h3-13,16,22,29H,2,14-15,17-19H2,1H3,(H,28,33)/t22-/m1/s1. The number of ether oxygens (including phenoxy) is 1. The van der Waals surface area contributed by atoms with E-state index in [9.17, 15) is 9.59 Å². The lowest BCUT2D eigenvalue weighted by molar-refractivity contribution is -0.143. The van der Waals surface area contributed by atoms with Crippen molar-refractivity contribution in [1.29, 1.82) is 0 Å². The molecule has 7 heteroatoms. The average Bonchev–Trinajstić information content (AvgIpc) is 3.36. The first-order valence-electron chi connectivity index (χ1n) is 11.9. The number of anilines is 1. The van der Waals surface area contributed by atoms with Gasteiger partial charge in [-0.05, 0) is 49.6 Å². The van der Waals surface area contributed by atoms with Gasteiger partial charge in [0.05, 0.1) is 36.0 Å². The number of urea groups is 1. The van der Waals surface area contributed by atoms with Crippen LogP contribution in [0.1, 0.15) is 43.5 Å². The van der Waals surface area contributed by atoms with Gasteiger partial charge in [-0.15, -0.1) is 0 Å². The third-order valence-corrected chi connectivity index (χ3v) is 6.86. The zero-order chi connectivity index (χ0) is 23.5. The first-order valence-corrected chi connectivity index (χ1v) is 11.9. The van der Waals surface area contributed by atoms with Crippen LogP contribution in [0.25, 0.3) is 5.69 Å². The Morgan fingerprint density at radius 1 is 1.03 bits per heavy atom. The lowest BCUT2D eigenvalue weighted by atomic mass is 9.82. The SMILES string of the molecule is CCOC(=O)C[C@@H](NC(=O)N1CCC2(CC1)Nc1ccccc1-n1cccc12)c1ccccc1. The molecular formula is C27H30N4O3. The van der Waals surface area contributed by atoms with E-state index in [-0.39, 0.29) is 24.0 Å². The second kappa shape index (κ2) is 9.25. The number of nitrogens with zero attached hydrogens (tertiary/aromatic N) is 2. The molecule has 1 fully saturated rings. The molecule has 2 aliphatic heterocycles. The minimum absolute atomic E-state index is 0.104. The van der Waals surface area contributed by atoms with Crippen molar-refractivity contribution < 1.29 is 14.3 Å². The third-order valence-electron chi connectivity index (χ3n) is 6.86. The Morgan fingerprint density at radius 3 is 2.53 bits per heavy atom. The summed E-state index contributed by atoms with van der Waals surface area (Å²) in [6.45, 7) is 3.34. The molecule has 3 heterocycles. The van der Waals surface area contributed by atoms with Crippen LogP contribution in [0.4, 0.5) is 10.5 Å². The molecule has 0 saturated carbocycles. The maximum Gasteiger partial charge on any atom is 0.317 e. The fraction of sp³-hybridized carbons (Fsp3) is 0.333. The summed E-state index contributed by atoms with van der Waals surface area (Å²) < 4.78 is 7.39. The predicted octanol–water partition coefficient (Wildman–Crippen LogP) is 4.60. The van der Waals surface area contributed by atoms with Crippen LogP contribution in [0.3, 0.4) is 0 Å². The van der Waals surface area contributed by atoms with Gasteiger partial charge < -0.3 is 24.8 Å². The summed E-state index contributed by atoms with van der Waals surface area (Å²) in [6, 6.07) is 21.6. The molecular weight excluding hydrogens is 428 g/mol. The van der Waals surface area contributed by atoms with Crippen LogP contribution in [0.15, 0.2) is 72.9 Å². The van der Waals surface area contributed by atoms with E-state index in [2.05, 4.69) is 51.7 Å². The molecule has 1 aromatic heterocycles. The molecule has 7 nitrogen and oxygen atoms in total. The highest BCUT2D eigenvalue weighted by Crippen LogP contribution is 2.43. The Hall–Kier alpha value is -3.74. The zero-order valence-electron chi connectivity index (χ0n) is 19.4. The number of carbonyl (C=O) groups excluding carboxylic acids is 2. The number of piperidine rings is 1. The summed E-state index contributed by atoms with van der Waals surface area (Å²) in [5, 5.41) is 6.85. The third kappa shape index (κ3) is 4.14. The molecule has 3 aromatic rings. The number of amides is 2. The summed E-state index contributed by atoms with van der Waals surface area (Å²) in [5.41, 5.74) is 4.18. The van der Waals surface area contributed by atoms with Crippen LogP contribution < -0.4 is 10.6 Å². The van der Waals surface area contributed by atoms with Crippen molar-refractivity contribution in [2.75, 3.05) is 25.0 Å². The van der Waals surface area contributed by atoms with E-state index in [0.717, 1.165) is 29.8 Å². The van der Waals surface area contributed by atoms with Gasteiger partial charge in [0.15, 0.2) is 0 Å². The number of nitrogens with one attached hydrogen (secondary N) is 2. The fourth-order valence-electron chi connectivity index (χ4n) is 5.13. The molecule has 0 unspecified atom stereocenters. The average molecular weight is 459 g/mol. The topological polar surface area (TPSA) is 75.6 Å². The number of esters is 1. The van der Waals surface area contributed by atoms with Gasteiger partial charge >= 0.3 is 12.0 Å². The van der Waals surface area contributed by atoms with Crippen molar-refractivity contribution in [2.24, 2.45) is 0 Å². The number of hydrogen-bond acceptors (Lipinski definition) is 4. The molecule has 1 saturated heterocycles. The number of rotatable bonds is 5. The van der Waals surface area contributed by atoms with Crippen LogP contribution in [-0.4, -0.2) is 41.2 Å². The largest absolute Gasteiger partial charge is 0.466 e. The maximum absolute atomic E-state index is 13.2. The van der Waals surface area contributed by atoms with Gasteiger partial charge in [-0.3, -0.25) is 4.79 Å². The Kier molecular flexibility index (Phi) is 6.01. The van der Waals surface area contributed by atoms with Gasteiger partial charge in [-0.1, -0.05) is 42.5 Å². The number of hydrogen-bond donors (Lipinski definition) is 2. The highest BCUT2D eigenvalue weighted by atomic mass is 16.5. The van der Waals surface area contributed by atoms with E-state index in [1.807, 2.05) is 41.3 Å². The zero-order valence-corrected chi connectivity index (χ0v) is 19.4. The molecule has 2 aliphatic rings. The summed E-state index contributed by atoms with van der Waals surface area (Å²) in [7, 11) is 0. The second-order valence-electron chi connectivity index (χ2n) is 8.90. The molecule has 1 spiro atoms. The van der Waals surface area contributed by atoms with Gasteiger partial charge in [-0.2, -0.15) is 0 Å². The first-order chi connectivity index (χ1) is 16.6. The summed E-state index contributed by atoms with van der Waals surface area (Å²) in [5.74, 6) is -0.319. The van der Waals surface area contributed by atoms with Gasteiger partial charge in [0.25, 0.3) is 0 Å². The molecule has 0 aliphatic carbocycles. The Labute approximate surface area is 199 Å². The van der Waals surface area contributed by atoms with E-state index >= 15 is 0 Å². The second-order valence-corrected chi connectivity index (χ2v) is 8.90. The van der Waals surface area contributed by atoms with Crippen LogP contribution >= 0.6 is 0 Å². The molecule has 0 radical (unpaired) electrons. The van der Waals surface area contributed by atoms with Crippen LogP contribution in [0, 0.1) is 0 Å². The summed E-state index contributed by atoms with van der Waals surface area (Å²) >= 11 is 0. The van der Waals surface area contributed by atoms with Crippen LogP contribution in [0.2, 0.25) is 0 Å². The van der Waals surface area contributed by atoms with Crippen LogP contribution in [0.5, 0.6) is 0 Å². The summed E-state index contributed by atoms with van der Waals surface area (Å²) in [6.07, 6.45) is 3.81. The molecule has 0 bridgehead atoms. The highest BCUT2D eigenvalue weighted by Gasteiger charge is 2.42. The van der Waals surface area contributed by atoms with Crippen molar-refractivity contribution in [3.8, 4) is 5.69 Å². The van der Waals surface area contributed by atoms with E-state index in [0.29, 0.717) is 19.7 Å². The van der Waals surface area contributed by atoms with Crippen molar-refractivity contribution in [1.82, 2.24) is 14.8 Å². The number of fused-ring (bicyclic) bond motifs is 4. The highest BCUT2D eigenvalue weighted by molar-refractivity contribution is 5.77. The van der Waals surface area contributed by atoms with E-state index < -0.39 is 6.04 Å². The minimum atomic E-state index is -0.430. The molecule has 176 valence electrons. The van der Waals surface area contributed by atoms with Crippen molar-refractivity contribution in [2.45, 2.75) is 37.8 Å².